The van der Waals surface area contributed by atoms with E-state index in [2.05, 4.69) is 5.32 Å². The third-order valence-electron chi connectivity index (χ3n) is 2.13. The molecule has 0 saturated carbocycles. The molecule has 1 N–H and O–H groups in total. The van der Waals surface area contributed by atoms with E-state index in [1.165, 1.54) is 11.8 Å². The van der Waals surface area contributed by atoms with Crippen molar-refractivity contribution in [1.29, 1.82) is 0 Å². The van der Waals surface area contributed by atoms with Crippen LogP contribution in [0.15, 0.2) is 18.2 Å². The summed E-state index contributed by atoms with van der Waals surface area (Å²) in [5.41, 5.74) is 0.949. The number of hydrogen-bond acceptors (Lipinski definition) is 3. The standard InChI is InChI=1S/C12H16ClNO2S/c1-3-16-11-6-4-5-10(13)9(11)7-17-8-12(15)14-2/h4-6H,3,7-8H2,1-2H3,(H,14,15). The Hall–Kier alpha value is -0.870. The molecule has 0 aromatic heterocycles. The lowest BCUT2D eigenvalue weighted by atomic mass is 10.2. The van der Waals surface area contributed by atoms with Crippen LogP contribution in [0.4, 0.5) is 0 Å². The van der Waals surface area contributed by atoms with E-state index in [1.807, 2.05) is 25.1 Å². The summed E-state index contributed by atoms with van der Waals surface area (Å²) in [6.07, 6.45) is 0. The van der Waals surface area contributed by atoms with Gasteiger partial charge in [0.05, 0.1) is 12.4 Å². The van der Waals surface area contributed by atoms with Crippen LogP contribution in [-0.4, -0.2) is 25.3 Å². The normalized spacial score (nSPS) is 10.1. The molecular weight excluding hydrogens is 258 g/mol. The molecule has 1 aromatic rings. The van der Waals surface area contributed by atoms with Crippen molar-refractivity contribution in [3.63, 3.8) is 0 Å². The molecule has 1 aromatic carbocycles. The van der Waals surface area contributed by atoms with Crippen molar-refractivity contribution in [2.24, 2.45) is 0 Å². The molecule has 0 heterocycles. The third kappa shape index (κ3) is 4.48. The van der Waals surface area contributed by atoms with Crippen molar-refractivity contribution in [2.75, 3.05) is 19.4 Å². The number of carbonyl (C=O) groups is 1. The van der Waals surface area contributed by atoms with E-state index in [0.717, 1.165) is 11.3 Å². The van der Waals surface area contributed by atoms with Gasteiger partial charge in [-0.25, -0.2) is 0 Å². The molecule has 0 bridgehead atoms. The van der Waals surface area contributed by atoms with E-state index in [0.29, 0.717) is 23.1 Å². The van der Waals surface area contributed by atoms with Crippen LogP contribution < -0.4 is 10.1 Å². The predicted octanol–water partition coefficient (Wildman–Crippen LogP) is 2.72. The Labute approximate surface area is 111 Å². The summed E-state index contributed by atoms with van der Waals surface area (Å²) in [4.78, 5) is 11.1. The van der Waals surface area contributed by atoms with Gasteiger partial charge in [-0.3, -0.25) is 4.79 Å². The second kappa shape index (κ2) is 7.45. The summed E-state index contributed by atoms with van der Waals surface area (Å²) in [5.74, 6) is 1.90. The number of nitrogens with one attached hydrogen (secondary N) is 1. The lowest BCUT2D eigenvalue weighted by Crippen LogP contribution is -2.19. The summed E-state index contributed by atoms with van der Waals surface area (Å²) in [5, 5.41) is 3.26. The van der Waals surface area contributed by atoms with Crippen LogP contribution in [0.5, 0.6) is 5.75 Å². The van der Waals surface area contributed by atoms with E-state index in [9.17, 15) is 4.79 Å². The second-order valence-electron chi connectivity index (χ2n) is 3.32. The molecule has 1 amide bonds. The van der Waals surface area contributed by atoms with Crippen molar-refractivity contribution in [3.8, 4) is 5.75 Å². The predicted molar refractivity (Wildman–Crippen MR) is 72.8 cm³/mol. The molecule has 0 spiro atoms. The number of halogens is 1. The minimum atomic E-state index is 0.0139. The van der Waals surface area contributed by atoms with Crippen molar-refractivity contribution in [2.45, 2.75) is 12.7 Å². The Morgan fingerprint density at radius 2 is 2.29 bits per heavy atom. The number of ether oxygens (including phenoxy) is 1. The summed E-state index contributed by atoms with van der Waals surface area (Å²) < 4.78 is 5.50. The maximum atomic E-state index is 11.1. The molecular formula is C12H16ClNO2S. The molecule has 0 unspecified atom stereocenters. The van der Waals surface area contributed by atoms with Crippen LogP contribution in [-0.2, 0) is 10.5 Å². The van der Waals surface area contributed by atoms with Crippen molar-refractivity contribution in [1.82, 2.24) is 5.32 Å². The molecule has 0 atom stereocenters. The number of hydrogen-bond donors (Lipinski definition) is 1. The van der Waals surface area contributed by atoms with Crippen LogP contribution in [0.25, 0.3) is 0 Å². The smallest absolute Gasteiger partial charge is 0.229 e. The summed E-state index contributed by atoms with van der Waals surface area (Å²) >= 11 is 7.64. The molecule has 1 rings (SSSR count). The number of benzene rings is 1. The zero-order valence-corrected chi connectivity index (χ0v) is 11.5. The SMILES string of the molecule is CCOc1cccc(Cl)c1CSCC(=O)NC. The van der Waals surface area contributed by atoms with E-state index in [-0.39, 0.29) is 5.91 Å². The Balaban J connectivity index is 2.65. The fourth-order valence-electron chi connectivity index (χ4n) is 1.29. The maximum Gasteiger partial charge on any atom is 0.229 e. The van der Waals surface area contributed by atoms with Gasteiger partial charge in [-0.2, -0.15) is 0 Å². The first-order chi connectivity index (χ1) is 8.19. The molecule has 0 fully saturated rings. The average Bonchev–Trinajstić information content (AvgIpc) is 2.32. The second-order valence-corrected chi connectivity index (χ2v) is 4.71. The molecule has 0 aliphatic carbocycles. The highest BCUT2D eigenvalue weighted by atomic mass is 35.5. The summed E-state index contributed by atoms with van der Waals surface area (Å²) in [7, 11) is 1.63. The van der Waals surface area contributed by atoms with Crippen LogP contribution in [0, 0.1) is 0 Å². The number of carbonyl (C=O) groups excluding carboxylic acids is 1. The van der Waals surface area contributed by atoms with Gasteiger partial charge in [-0.05, 0) is 19.1 Å². The summed E-state index contributed by atoms with van der Waals surface area (Å²) in [6.45, 7) is 2.54. The first kappa shape index (κ1) is 14.2. The largest absolute Gasteiger partial charge is 0.494 e. The molecule has 0 saturated heterocycles. The van der Waals surface area contributed by atoms with Gasteiger partial charge >= 0.3 is 0 Å². The Bertz CT molecular complexity index is 385. The highest BCUT2D eigenvalue weighted by molar-refractivity contribution is 7.99. The minimum absolute atomic E-state index is 0.0139. The first-order valence-corrected chi connectivity index (χ1v) is 6.90. The van der Waals surface area contributed by atoms with Gasteiger partial charge in [0, 0.05) is 23.4 Å². The van der Waals surface area contributed by atoms with Gasteiger partial charge in [0.25, 0.3) is 0 Å². The highest BCUT2D eigenvalue weighted by Crippen LogP contribution is 2.30. The zero-order chi connectivity index (χ0) is 12.7. The van der Waals surface area contributed by atoms with Crippen molar-refractivity contribution < 1.29 is 9.53 Å². The maximum absolute atomic E-state index is 11.1. The Kier molecular flexibility index (Phi) is 6.22. The number of thioether (sulfide) groups is 1. The Morgan fingerprint density at radius 1 is 1.53 bits per heavy atom. The molecule has 0 radical (unpaired) electrons. The highest BCUT2D eigenvalue weighted by Gasteiger charge is 2.09. The van der Waals surface area contributed by atoms with Gasteiger partial charge in [0.2, 0.25) is 5.91 Å². The first-order valence-electron chi connectivity index (χ1n) is 5.37. The van der Waals surface area contributed by atoms with E-state index >= 15 is 0 Å². The Morgan fingerprint density at radius 3 is 2.94 bits per heavy atom. The monoisotopic (exact) mass is 273 g/mol. The van der Waals surface area contributed by atoms with E-state index in [1.54, 1.807) is 7.05 Å². The van der Waals surface area contributed by atoms with Crippen LogP contribution in [0.2, 0.25) is 5.02 Å². The van der Waals surface area contributed by atoms with Crippen molar-refractivity contribution in [3.05, 3.63) is 28.8 Å². The molecule has 3 nitrogen and oxygen atoms in total. The topological polar surface area (TPSA) is 38.3 Å². The van der Waals surface area contributed by atoms with Gasteiger partial charge in [0.1, 0.15) is 5.75 Å². The lowest BCUT2D eigenvalue weighted by Gasteiger charge is -2.11. The molecule has 5 heteroatoms. The fraction of sp³-hybridized carbons (Fsp3) is 0.417. The third-order valence-corrected chi connectivity index (χ3v) is 3.45. The van der Waals surface area contributed by atoms with E-state index in [4.69, 9.17) is 16.3 Å². The molecule has 17 heavy (non-hydrogen) atoms. The van der Waals surface area contributed by atoms with Crippen molar-refractivity contribution >= 4 is 29.3 Å². The average molecular weight is 274 g/mol. The van der Waals surface area contributed by atoms with E-state index < -0.39 is 0 Å². The molecule has 0 aliphatic heterocycles. The quantitative estimate of drug-likeness (QED) is 0.866. The minimum Gasteiger partial charge on any atom is -0.494 e. The lowest BCUT2D eigenvalue weighted by molar-refractivity contribution is -0.118. The van der Waals surface area contributed by atoms with Crippen LogP contribution in [0.3, 0.4) is 0 Å². The van der Waals surface area contributed by atoms with Gasteiger partial charge < -0.3 is 10.1 Å². The fourth-order valence-corrected chi connectivity index (χ4v) is 2.53. The van der Waals surface area contributed by atoms with Crippen LogP contribution >= 0.6 is 23.4 Å². The zero-order valence-electron chi connectivity index (χ0n) is 9.96. The van der Waals surface area contributed by atoms with Crippen LogP contribution in [0.1, 0.15) is 12.5 Å². The van der Waals surface area contributed by atoms with Gasteiger partial charge in [-0.15, -0.1) is 11.8 Å². The van der Waals surface area contributed by atoms with Gasteiger partial charge in [0.15, 0.2) is 0 Å². The molecule has 0 aliphatic rings. The number of rotatable bonds is 6. The summed E-state index contributed by atoms with van der Waals surface area (Å²) in [6, 6.07) is 5.59. The molecule has 94 valence electrons. The number of amides is 1. The van der Waals surface area contributed by atoms with Gasteiger partial charge in [-0.1, -0.05) is 17.7 Å².